The summed E-state index contributed by atoms with van der Waals surface area (Å²) in [6, 6.07) is 7.40. The van der Waals surface area contributed by atoms with Crippen LogP contribution in [0.4, 0.5) is 0 Å². The molecule has 0 saturated heterocycles. The van der Waals surface area contributed by atoms with E-state index in [4.69, 9.17) is 8.97 Å². The molecule has 0 aliphatic heterocycles. The van der Waals surface area contributed by atoms with E-state index < -0.39 is 22.5 Å². The molecule has 0 amide bonds. The highest BCUT2D eigenvalue weighted by Crippen LogP contribution is 2.26. The fourth-order valence-electron chi connectivity index (χ4n) is 2.47. The molecule has 2 aromatic heterocycles. The van der Waals surface area contributed by atoms with Crippen LogP contribution in [0.5, 0.6) is 0 Å². The number of fused-ring (bicyclic) bond motifs is 1. The smallest absolute Gasteiger partial charge is 0.310 e. The Morgan fingerprint density at radius 2 is 2.16 bits per heavy atom. The Hall–Kier alpha value is -2.52. The average molecular weight is 363 g/mol. The van der Waals surface area contributed by atoms with Crippen LogP contribution in [-0.2, 0) is 22.4 Å². The predicted octanol–water partition coefficient (Wildman–Crippen LogP) is 2.39. The van der Waals surface area contributed by atoms with Crippen LogP contribution in [0.15, 0.2) is 41.1 Å². The predicted molar refractivity (Wildman–Crippen MR) is 91.2 cm³/mol. The van der Waals surface area contributed by atoms with Gasteiger partial charge in [-0.05, 0) is 25.5 Å². The summed E-state index contributed by atoms with van der Waals surface area (Å²) in [5.74, 6) is -1.01. The van der Waals surface area contributed by atoms with Crippen LogP contribution in [0.2, 0.25) is 0 Å². The summed E-state index contributed by atoms with van der Waals surface area (Å²) in [4.78, 5) is 15.8. The maximum absolute atomic E-state index is 11.4. The van der Waals surface area contributed by atoms with Crippen molar-refractivity contribution in [2.24, 2.45) is 5.41 Å². The van der Waals surface area contributed by atoms with Crippen molar-refractivity contribution in [3.63, 3.8) is 0 Å². The third kappa shape index (κ3) is 3.77. The lowest BCUT2D eigenvalue weighted by atomic mass is 9.89. The van der Waals surface area contributed by atoms with Gasteiger partial charge in [-0.2, -0.15) is 5.10 Å². The molecule has 25 heavy (non-hydrogen) atoms. The lowest BCUT2D eigenvalue weighted by Crippen LogP contribution is -2.34. The van der Waals surface area contributed by atoms with Crippen LogP contribution in [0.3, 0.4) is 0 Å². The minimum Gasteiger partial charge on any atom is -0.481 e. The number of para-hydroxylation sites is 2. The first kappa shape index (κ1) is 17.3. The summed E-state index contributed by atoms with van der Waals surface area (Å²) in [6.07, 6.45) is 3.47. The Labute approximate surface area is 145 Å². The van der Waals surface area contributed by atoms with Crippen molar-refractivity contribution < 1.29 is 23.1 Å². The molecule has 0 fully saturated rings. The van der Waals surface area contributed by atoms with E-state index >= 15 is 0 Å². The van der Waals surface area contributed by atoms with Gasteiger partial charge in [0.25, 0.3) is 0 Å². The topological polar surface area (TPSA) is 118 Å². The zero-order chi connectivity index (χ0) is 18.0. The number of aliphatic carboxylic acids is 1. The number of aryl methyl sites for hydroxylation is 1. The molecule has 0 bridgehead atoms. The third-order valence-corrected chi connectivity index (χ3v) is 4.91. The van der Waals surface area contributed by atoms with Crippen LogP contribution in [0.1, 0.15) is 13.3 Å². The lowest BCUT2D eigenvalue weighted by Gasteiger charge is -2.22. The number of hydrogen-bond acceptors (Lipinski definition) is 5. The highest BCUT2D eigenvalue weighted by molar-refractivity contribution is 7.79. The molecule has 1 aromatic carbocycles. The molecule has 2 atom stereocenters. The van der Waals surface area contributed by atoms with E-state index in [2.05, 4.69) is 10.1 Å². The standard InChI is InChI=1S/C16H17N3O5S/c1-16(15(20)21,10-25(22)23)6-7-19-9-11(8-17-19)14-18-12-4-2-3-5-13(12)24-14/h2-5,8-9H,6-7,10H2,1H3,(H,20,21)(H,22,23)/t16-/m0/s1. The molecule has 0 radical (unpaired) electrons. The Kier molecular flexibility index (Phi) is 4.69. The second-order valence-electron chi connectivity index (χ2n) is 6.06. The van der Waals surface area contributed by atoms with Crippen molar-refractivity contribution in [2.45, 2.75) is 19.9 Å². The first-order valence-electron chi connectivity index (χ1n) is 7.57. The number of oxazole rings is 1. The Bertz CT molecular complexity index is 902. The quantitative estimate of drug-likeness (QED) is 0.619. The maximum Gasteiger partial charge on any atom is 0.310 e. The molecule has 0 aliphatic carbocycles. The fourth-order valence-corrected chi connectivity index (χ4v) is 3.28. The van der Waals surface area contributed by atoms with E-state index in [0.717, 1.165) is 5.52 Å². The van der Waals surface area contributed by atoms with Gasteiger partial charge >= 0.3 is 5.97 Å². The SMILES string of the molecule is C[C@](CCn1cc(-c2nc3ccccc3o2)cn1)(CS(=O)O)C(=O)O. The van der Waals surface area contributed by atoms with E-state index in [1.54, 1.807) is 17.1 Å². The van der Waals surface area contributed by atoms with E-state index in [9.17, 15) is 14.1 Å². The molecule has 3 aromatic rings. The van der Waals surface area contributed by atoms with Crippen LogP contribution in [0.25, 0.3) is 22.6 Å². The second kappa shape index (κ2) is 6.77. The van der Waals surface area contributed by atoms with Gasteiger partial charge in [0.2, 0.25) is 5.89 Å². The molecular weight excluding hydrogens is 346 g/mol. The molecule has 3 rings (SSSR count). The summed E-state index contributed by atoms with van der Waals surface area (Å²) in [7, 11) is 0. The normalized spacial score (nSPS) is 15.1. The van der Waals surface area contributed by atoms with Crippen LogP contribution in [0, 0.1) is 5.41 Å². The molecule has 0 saturated carbocycles. The molecule has 1 unspecified atom stereocenters. The van der Waals surface area contributed by atoms with Gasteiger partial charge in [-0.3, -0.25) is 9.48 Å². The number of carboxylic acid groups (broad SMARTS) is 1. The van der Waals surface area contributed by atoms with Gasteiger partial charge in [0.15, 0.2) is 16.7 Å². The largest absolute Gasteiger partial charge is 0.481 e. The number of aromatic nitrogens is 3. The minimum atomic E-state index is -2.18. The Morgan fingerprint density at radius 3 is 2.84 bits per heavy atom. The highest BCUT2D eigenvalue weighted by atomic mass is 32.2. The monoisotopic (exact) mass is 363 g/mol. The molecule has 132 valence electrons. The number of nitrogens with zero attached hydrogens (tertiary/aromatic N) is 3. The average Bonchev–Trinajstić information content (AvgIpc) is 3.18. The van der Waals surface area contributed by atoms with E-state index in [-0.39, 0.29) is 12.2 Å². The van der Waals surface area contributed by atoms with Gasteiger partial charge in [-0.25, -0.2) is 9.19 Å². The van der Waals surface area contributed by atoms with Crippen molar-refractivity contribution in [2.75, 3.05) is 5.75 Å². The molecule has 9 heteroatoms. The van der Waals surface area contributed by atoms with Gasteiger partial charge in [0.1, 0.15) is 5.52 Å². The van der Waals surface area contributed by atoms with Crippen LogP contribution >= 0.6 is 0 Å². The molecule has 0 aliphatic rings. The summed E-state index contributed by atoms with van der Waals surface area (Å²) >= 11 is -2.18. The first-order valence-corrected chi connectivity index (χ1v) is 8.84. The van der Waals surface area contributed by atoms with Crippen molar-refractivity contribution in [1.29, 1.82) is 0 Å². The van der Waals surface area contributed by atoms with Crippen molar-refractivity contribution in [3.8, 4) is 11.5 Å². The zero-order valence-corrected chi connectivity index (χ0v) is 14.3. The lowest BCUT2D eigenvalue weighted by molar-refractivity contribution is -0.147. The molecule has 2 heterocycles. The van der Waals surface area contributed by atoms with Crippen molar-refractivity contribution in [3.05, 3.63) is 36.7 Å². The van der Waals surface area contributed by atoms with Gasteiger partial charge in [-0.15, -0.1) is 0 Å². The van der Waals surface area contributed by atoms with Crippen LogP contribution < -0.4 is 0 Å². The molecular formula is C16H17N3O5S. The number of carbonyl (C=O) groups is 1. The maximum atomic E-state index is 11.4. The van der Waals surface area contributed by atoms with Crippen LogP contribution in [-0.4, -0.2) is 40.4 Å². The number of hydrogen-bond donors (Lipinski definition) is 2. The van der Waals surface area contributed by atoms with E-state index in [1.807, 2.05) is 24.3 Å². The summed E-state index contributed by atoms with van der Waals surface area (Å²) in [5.41, 5.74) is 0.797. The van der Waals surface area contributed by atoms with Gasteiger partial charge < -0.3 is 14.1 Å². The fraction of sp³-hybridized carbons (Fsp3) is 0.312. The second-order valence-corrected chi connectivity index (χ2v) is 6.99. The van der Waals surface area contributed by atoms with Gasteiger partial charge in [0, 0.05) is 12.7 Å². The van der Waals surface area contributed by atoms with Crippen molar-refractivity contribution >= 4 is 28.1 Å². The van der Waals surface area contributed by atoms with Gasteiger partial charge in [-0.1, -0.05) is 12.1 Å². The Balaban J connectivity index is 1.75. The van der Waals surface area contributed by atoms with E-state index in [0.29, 0.717) is 23.6 Å². The zero-order valence-electron chi connectivity index (χ0n) is 13.5. The minimum absolute atomic E-state index is 0.170. The third-order valence-electron chi connectivity index (χ3n) is 4.03. The highest BCUT2D eigenvalue weighted by Gasteiger charge is 2.35. The summed E-state index contributed by atoms with van der Waals surface area (Å²) < 4.78 is 27.3. The summed E-state index contributed by atoms with van der Waals surface area (Å²) in [5, 5.41) is 13.5. The first-order chi connectivity index (χ1) is 11.9. The number of benzene rings is 1. The molecule has 2 N–H and O–H groups in total. The van der Waals surface area contributed by atoms with E-state index in [1.165, 1.54) is 6.92 Å². The number of carboxylic acids is 1. The van der Waals surface area contributed by atoms with Crippen molar-refractivity contribution in [1.82, 2.24) is 14.8 Å². The molecule has 8 nitrogen and oxygen atoms in total. The van der Waals surface area contributed by atoms with Gasteiger partial charge in [0.05, 0.1) is 22.9 Å². The molecule has 0 spiro atoms. The number of rotatable bonds is 7. The Morgan fingerprint density at radius 1 is 1.40 bits per heavy atom. The summed E-state index contributed by atoms with van der Waals surface area (Å²) in [6.45, 7) is 1.74.